The maximum absolute atomic E-state index is 15.6. The number of methoxy groups -OCH3 is 1. The molecule has 2 amide bonds. The van der Waals surface area contributed by atoms with Crippen molar-refractivity contribution in [3.05, 3.63) is 94.8 Å². The predicted molar refractivity (Wildman–Crippen MR) is 184 cm³/mol. The van der Waals surface area contributed by atoms with Crippen molar-refractivity contribution in [3.8, 4) is 11.1 Å². The summed E-state index contributed by atoms with van der Waals surface area (Å²) in [5, 5.41) is 12.1. The zero-order valence-corrected chi connectivity index (χ0v) is 29.2. The van der Waals surface area contributed by atoms with E-state index in [0.717, 1.165) is 41.5 Å². The smallest absolute Gasteiger partial charge is 0.405 e. The zero-order valence-electron chi connectivity index (χ0n) is 28.2. The molecule has 0 spiro atoms. The number of ether oxygens (including phenoxy) is 1. The average Bonchev–Trinajstić information content (AvgIpc) is 3.36. The van der Waals surface area contributed by atoms with Gasteiger partial charge >= 0.3 is 6.09 Å². The van der Waals surface area contributed by atoms with E-state index in [1.165, 1.54) is 6.07 Å². The van der Waals surface area contributed by atoms with Crippen molar-refractivity contribution in [2.24, 2.45) is 0 Å². The van der Waals surface area contributed by atoms with Crippen molar-refractivity contribution >= 4 is 20.3 Å². The Bertz CT molecular complexity index is 1520. The van der Waals surface area contributed by atoms with Gasteiger partial charge in [-0.1, -0.05) is 81.3 Å². The number of unbranched alkanes of at least 4 members (excludes halogenated alkanes) is 1. The van der Waals surface area contributed by atoms with Crippen LogP contribution in [-0.4, -0.2) is 69.3 Å². The number of hydrogen-bond acceptors (Lipinski definition) is 4. The number of hydrogen-bond donors (Lipinski definition) is 2. The number of carbonyl (C=O) groups is 2. The van der Waals surface area contributed by atoms with Crippen LogP contribution in [0.2, 0.25) is 18.1 Å². The lowest BCUT2D eigenvalue weighted by Gasteiger charge is -2.39. The second-order valence-electron chi connectivity index (χ2n) is 13.9. The van der Waals surface area contributed by atoms with E-state index < -0.39 is 26.6 Å². The second-order valence-corrected chi connectivity index (χ2v) is 18.7. The zero-order chi connectivity index (χ0) is 33.6. The van der Waals surface area contributed by atoms with Gasteiger partial charge in [0.05, 0.1) is 12.1 Å². The molecule has 46 heavy (non-hydrogen) atoms. The van der Waals surface area contributed by atoms with Crippen LogP contribution in [0.4, 0.5) is 9.18 Å². The maximum Gasteiger partial charge on any atom is 0.405 e. The summed E-state index contributed by atoms with van der Waals surface area (Å²) in [5.74, 6) is -0.624. The normalized spacial score (nSPS) is 17.6. The van der Waals surface area contributed by atoms with Crippen molar-refractivity contribution < 1.29 is 28.2 Å². The number of nitrogens with zero attached hydrogens (tertiary/aromatic N) is 1. The van der Waals surface area contributed by atoms with E-state index in [1.807, 2.05) is 55.5 Å². The second kappa shape index (κ2) is 14.9. The van der Waals surface area contributed by atoms with Gasteiger partial charge in [-0.3, -0.25) is 4.79 Å². The van der Waals surface area contributed by atoms with E-state index >= 15 is 4.39 Å². The SMILES string of the molecule is COCCCCC(c1cccc(C(=O)N2C[C@@H](NC(=O)O)[C@H](O[Si](C)(C)C(C)(C)C)C2)c1)c1cccc(F)c1-c1cccc(C)c1. The minimum absolute atomic E-state index is 0.0704. The number of amides is 2. The predicted octanol–water partition coefficient (Wildman–Crippen LogP) is 8.23. The van der Waals surface area contributed by atoms with Gasteiger partial charge in [0.15, 0.2) is 8.32 Å². The summed E-state index contributed by atoms with van der Waals surface area (Å²) in [6.45, 7) is 13.8. The lowest BCUT2D eigenvalue weighted by molar-refractivity contribution is 0.0768. The fourth-order valence-corrected chi connectivity index (χ4v) is 7.36. The molecule has 0 aromatic heterocycles. The van der Waals surface area contributed by atoms with Crippen LogP contribution in [0.15, 0.2) is 66.7 Å². The molecule has 1 aliphatic rings. The van der Waals surface area contributed by atoms with Gasteiger partial charge in [-0.25, -0.2) is 9.18 Å². The van der Waals surface area contributed by atoms with Gasteiger partial charge in [-0.15, -0.1) is 0 Å². The van der Waals surface area contributed by atoms with E-state index in [-0.39, 0.29) is 29.2 Å². The van der Waals surface area contributed by atoms with Gasteiger partial charge in [0.1, 0.15) is 5.82 Å². The topological polar surface area (TPSA) is 88.1 Å². The Morgan fingerprint density at radius 3 is 2.43 bits per heavy atom. The molecule has 1 heterocycles. The van der Waals surface area contributed by atoms with E-state index in [2.05, 4.69) is 39.2 Å². The summed E-state index contributed by atoms with van der Waals surface area (Å²) in [6, 6.07) is 20.2. The van der Waals surface area contributed by atoms with Gasteiger partial charge in [0, 0.05) is 43.9 Å². The minimum Gasteiger partial charge on any atom is -0.465 e. The fourth-order valence-electron chi connectivity index (χ4n) is 6.02. The highest BCUT2D eigenvalue weighted by molar-refractivity contribution is 6.74. The van der Waals surface area contributed by atoms with Crippen molar-refractivity contribution in [2.75, 3.05) is 26.8 Å². The van der Waals surface area contributed by atoms with Gasteiger partial charge in [-0.2, -0.15) is 0 Å². The van der Waals surface area contributed by atoms with Crippen LogP contribution in [-0.2, 0) is 9.16 Å². The van der Waals surface area contributed by atoms with Crippen LogP contribution in [0.25, 0.3) is 11.1 Å². The molecule has 0 radical (unpaired) electrons. The standard InChI is InChI=1S/C37H49FN2O5Si/c1-25-13-10-15-27(21-25)34-30(18-12-19-31(34)38)29(17-8-9-20-44-5)26-14-11-16-28(22-26)35(41)40-23-32(39-36(42)43)33(24-40)45-46(6,7)37(2,3)4/h10-16,18-19,21-22,29,32-33,39H,8-9,17,20,23-24H2,1-7H3,(H,42,43)/t29?,32-,33-/m1/s1. The van der Waals surface area contributed by atoms with Gasteiger partial charge in [0.2, 0.25) is 0 Å². The molecule has 0 bridgehead atoms. The molecule has 248 valence electrons. The molecule has 1 unspecified atom stereocenters. The summed E-state index contributed by atoms with van der Waals surface area (Å²) >= 11 is 0. The van der Waals surface area contributed by atoms with E-state index in [1.54, 1.807) is 24.1 Å². The van der Waals surface area contributed by atoms with Crippen molar-refractivity contribution in [1.29, 1.82) is 0 Å². The lowest BCUT2D eigenvalue weighted by atomic mass is 9.82. The van der Waals surface area contributed by atoms with Crippen LogP contribution in [0.3, 0.4) is 0 Å². The number of carboxylic acid groups (broad SMARTS) is 1. The quantitative estimate of drug-likeness (QED) is 0.153. The third-order valence-electron chi connectivity index (χ3n) is 9.47. The maximum atomic E-state index is 15.6. The average molecular weight is 649 g/mol. The monoisotopic (exact) mass is 648 g/mol. The molecule has 3 atom stereocenters. The van der Waals surface area contributed by atoms with Crippen molar-refractivity contribution in [2.45, 2.75) is 83.2 Å². The largest absolute Gasteiger partial charge is 0.465 e. The lowest BCUT2D eigenvalue weighted by Crippen LogP contribution is -2.51. The van der Waals surface area contributed by atoms with Crippen molar-refractivity contribution in [1.82, 2.24) is 10.2 Å². The molecule has 7 nitrogen and oxygen atoms in total. The van der Waals surface area contributed by atoms with Crippen LogP contribution in [0.5, 0.6) is 0 Å². The summed E-state index contributed by atoms with van der Waals surface area (Å²) in [6.07, 6.45) is 0.895. The molecule has 1 saturated heterocycles. The van der Waals surface area contributed by atoms with E-state index in [0.29, 0.717) is 24.3 Å². The molecular formula is C37H49FN2O5Si. The number of likely N-dealkylation sites (tertiary alicyclic amines) is 1. The van der Waals surface area contributed by atoms with Crippen LogP contribution in [0, 0.1) is 12.7 Å². The first-order valence-electron chi connectivity index (χ1n) is 16.1. The van der Waals surface area contributed by atoms with Crippen LogP contribution >= 0.6 is 0 Å². The highest BCUT2D eigenvalue weighted by Crippen LogP contribution is 2.40. The third kappa shape index (κ3) is 8.43. The summed E-state index contributed by atoms with van der Waals surface area (Å²) < 4.78 is 27.5. The number of halogens is 1. The Labute approximate surface area is 274 Å². The number of carbonyl (C=O) groups excluding carboxylic acids is 1. The molecule has 3 aromatic rings. The first-order chi connectivity index (χ1) is 21.7. The Kier molecular flexibility index (Phi) is 11.5. The third-order valence-corrected chi connectivity index (χ3v) is 14.0. The molecule has 1 fully saturated rings. The summed E-state index contributed by atoms with van der Waals surface area (Å²) in [5.41, 5.74) is 4.76. The first kappa shape index (κ1) is 35.3. The molecule has 9 heteroatoms. The molecular weight excluding hydrogens is 600 g/mol. The van der Waals surface area contributed by atoms with Crippen LogP contribution < -0.4 is 5.32 Å². The van der Waals surface area contributed by atoms with Gasteiger partial charge < -0.3 is 24.5 Å². The number of benzene rings is 3. The molecule has 0 saturated carbocycles. The fraction of sp³-hybridized carbons (Fsp3) is 0.459. The Morgan fingerprint density at radius 1 is 1.04 bits per heavy atom. The molecule has 2 N–H and O–H groups in total. The summed E-state index contributed by atoms with van der Waals surface area (Å²) in [7, 11) is -0.553. The van der Waals surface area contributed by atoms with Gasteiger partial charge in [-0.05, 0) is 72.8 Å². The van der Waals surface area contributed by atoms with E-state index in [9.17, 15) is 14.7 Å². The Balaban J connectivity index is 1.68. The Morgan fingerprint density at radius 2 is 1.76 bits per heavy atom. The number of rotatable bonds is 12. The summed E-state index contributed by atoms with van der Waals surface area (Å²) in [4.78, 5) is 27.4. The molecule has 0 aliphatic carbocycles. The van der Waals surface area contributed by atoms with Gasteiger partial charge in [0.25, 0.3) is 5.91 Å². The van der Waals surface area contributed by atoms with Crippen molar-refractivity contribution in [3.63, 3.8) is 0 Å². The molecule has 4 rings (SSSR count). The number of nitrogens with one attached hydrogen (secondary N) is 1. The highest BCUT2D eigenvalue weighted by Gasteiger charge is 2.45. The first-order valence-corrected chi connectivity index (χ1v) is 19.0. The van der Waals surface area contributed by atoms with E-state index in [4.69, 9.17) is 9.16 Å². The molecule has 1 aliphatic heterocycles. The molecule has 3 aromatic carbocycles. The Hall–Kier alpha value is -3.53. The van der Waals surface area contributed by atoms with Crippen LogP contribution in [0.1, 0.15) is 73.0 Å². The number of aryl methyl sites for hydroxylation is 1. The minimum atomic E-state index is -2.24. The highest BCUT2D eigenvalue weighted by atomic mass is 28.4.